The quantitative estimate of drug-likeness (QED) is 0.613. The van der Waals surface area contributed by atoms with Crippen molar-refractivity contribution in [1.29, 1.82) is 0 Å². The van der Waals surface area contributed by atoms with E-state index in [1.807, 2.05) is 18.9 Å². The van der Waals surface area contributed by atoms with Crippen LogP contribution < -0.4 is 0 Å². The molecule has 0 aromatic rings. The van der Waals surface area contributed by atoms with Crippen LogP contribution in [0.1, 0.15) is 6.92 Å². The SMILES string of the molecule is CO[C@H]1C(C)=CN=C(CCl)N1C. The van der Waals surface area contributed by atoms with E-state index >= 15 is 0 Å². The standard InChI is InChI=1S/C8H13ClN2O/c1-6-5-10-7(4-9)11(2)8(6)12-3/h5,8H,4H2,1-3H3/t8-/m0/s1. The molecule has 0 aromatic carbocycles. The van der Waals surface area contributed by atoms with Crippen LogP contribution in [0.25, 0.3) is 0 Å². The fourth-order valence-electron chi connectivity index (χ4n) is 1.24. The average molecular weight is 189 g/mol. The number of hydrogen-bond donors (Lipinski definition) is 0. The fraction of sp³-hybridized carbons (Fsp3) is 0.625. The summed E-state index contributed by atoms with van der Waals surface area (Å²) in [4.78, 5) is 6.11. The molecule has 68 valence electrons. The maximum atomic E-state index is 5.69. The van der Waals surface area contributed by atoms with E-state index in [1.165, 1.54) is 0 Å². The summed E-state index contributed by atoms with van der Waals surface area (Å²) < 4.78 is 5.27. The topological polar surface area (TPSA) is 24.8 Å². The Hall–Kier alpha value is -0.540. The Labute approximate surface area is 77.7 Å². The van der Waals surface area contributed by atoms with Gasteiger partial charge in [0.1, 0.15) is 5.84 Å². The molecule has 1 aliphatic rings. The Morgan fingerprint density at radius 2 is 2.42 bits per heavy atom. The van der Waals surface area contributed by atoms with Gasteiger partial charge in [-0.3, -0.25) is 0 Å². The van der Waals surface area contributed by atoms with Gasteiger partial charge in [-0.25, -0.2) is 4.99 Å². The van der Waals surface area contributed by atoms with Crippen molar-refractivity contribution in [2.24, 2.45) is 4.99 Å². The van der Waals surface area contributed by atoms with Crippen LogP contribution in [-0.4, -0.2) is 37.0 Å². The summed E-state index contributed by atoms with van der Waals surface area (Å²) in [6, 6.07) is 0. The van der Waals surface area contributed by atoms with Crippen molar-refractivity contribution in [3.63, 3.8) is 0 Å². The minimum absolute atomic E-state index is 0.0174. The van der Waals surface area contributed by atoms with Crippen molar-refractivity contribution >= 4 is 17.4 Å². The van der Waals surface area contributed by atoms with Gasteiger partial charge in [-0.15, -0.1) is 11.6 Å². The maximum Gasteiger partial charge on any atom is 0.154 e. The second-order valence-corrected chi connectivity index (χ2v) is 3.02. The molecule has 0 amide bonds. The number of halogens is 1. The van der Waals surface area contributed by atoms with Gasteiger partial charge in [0, 0.05) is 20.4 Å². The lowest BCUT2D eigenvalue weighted by molar-refractivity contribution is 0.0465. The normalized spacial score (nSPS) is 23.7. The van der Waals surface area contributed by atoms with Gasteiger partial charge in [-0.2, -0.15) is 0 Å². The Balaban J connectivity index is 2.84. The lowest BCUT2D eigenvalue weighted by Gasteiger charge is -2.31. The lowest BCUT2D eigenvalue weighted by Crippen LogP contribution is -2.41. The highest BCUT2D eigenvalue weighted by molar-refractivity contribution is 6.28. The van der Waals surface area contributed by atoms with E-state index in [2.05, 4.69) is 4.99 Å². The number of methoxy groups -OCH3 is 1. The molecule has 0 radical (unpaired) electrons. The number of ether oxygens (including phenoxy) is 1. The zero-order chi connectivity index (χ0) is 9.14. The molecule has 0 aliphatic carbocycles. The van der Waals surface area contributed by atoms with Crippen LogP contribution in [0.2, 0.25) is 0 Å². The van der Waals surface area contributed by atoms with E-state index < -0.39 is 0 Å². The third-order valence-corrected chi connectivity index (χ3v) is 2.15. The summed E-state index contributed by atoms with van der Waals surface area (Å²) in [6.07, 6.45) is 1.78. The molecule has 3 nitrogen and oxygen atoms in total. The molecule has 0 saturated heterocycles. The third kappa shape index (κ3) is 1.62. The van der Waals surface area contributed by atoms with Crippen LogP contribution in [0.3, 0.4) is 0 Å². The summed E-state index contributed by atoms with van der Waals surface area (Å²) in [6.45, 7) is 1.99. The van der Waals surface area contributed by atoms with Gasteiger partial charge in [0.15, 0.2) is 6.23 Å². The van der Waals surface area contributed by atoms with Crippen LogP contribution in [0.15, 0.2) is 16.8 Å². The first kappa shape index (κ1) is 9.55. The van der Waals surface area contributed by atoms with Crippen LogP contribution in [0.4, 0.5) is 0 Å². The number of amidine groups is 1. The fourth-order valence-corrected chi connectivity index (χ4v) is 1.50. The minimum Gasteiger partial charge on any atom is -0.358 e. The maximum absolute atomic E-state index is 5.69. The van der Waals surface area contributed by atoms with Crippen LogP contribution >= 0.6 is 11.6 Å². The first-order valence-corrected chi connectivity index (χ1v) is 4.29. The largest absolute Gasteiger partial charge is 0.358 e. The molecule has 0 saturated carbocycles. The van der Waals surface area contributed by atoms with Crippen LogP contribution in [0, 0.1) is 0 Å². The average Bonchev–Trinajstić information content (AvgIpc) is 2.06. The Morgan fingerprint density at radius 1 is 1.75 bits per heavy atom. The first-order chi connectivity index (χ1) is 5.70. The smallest absolute Gasteiger partial charge is 0.154 e. The van der Waals surface area contributed by atoms with Crippen molar-refractivity contribution in [2.45, 2.75) is 13.2 Å². The summed E-state index contributed by atoms with van der Waals surface area (Å²) in [5.74, 6) is 1.26. The second kappa shape index (κ2) is 3.92. The van der Waals surface area contributed by atoms with E-state index in [9.17, 15) is 0 Å². The highest BCUT2D eigenvalue weighted by atomic mass is 35.5. The molecule has 0 bridgehead atoms. The van der Waals surface area contributed by atoms with Gasteiger partial charge in [0.05, 0.1) is 5.88 Å². The summed E-state index contributed by atoms with van der Waals surface area (Å²) in [7, 11) is 3.60. The molecule has 1 aliphatic heterocycles. The summed E-state index contributed by atoms with van der Waals surface area (Å²) >= 11 is 5.69. The number of hydrogen-bond acceptors (Lipinski definition) is 3. The van der Waals surface area contributed by atoms with E-state index in [0.717, 1.165) is 11.4 Å². The van der Waals surface area contributed by atoms with Crippen molar-refractivity contribution < 1.29 is 4.74 Å². The number of likely N-dealkylation sites (N-methyl/N-ethyl adjacent to an activating group) is 1. The number of alkyl halides is 1. The van der Waals surface area contributed by atoms with Gasteiger partial charge in [0.2, 0.25) is 0 Å². The molecule has 0 unspecified atom stereocenters. The molecule has 0 aromatic heterocycles. The Morgan fingerprint density at radius 3 is 2.92 bits per heavy atom. The Bertz CT molecular complexity index is 225. The highest BCUT2D eigenvalue weighted by Crippen LogP contribution is 2.15. The van der Waals surface area contributed by atoms with Crippen molar-refractivity contribution in [3.8, 4) is 0 Å². The van der Waals surface area contributed by atoms with Crippen molar-refractivity contribution in [1.82, 2.24) is 4.90 Å². The molecule has 0 N–H and O–H groups in total. The molecule has 12 heavy (non-hydrogen) atoms. The van der Waals surface area contributed by atoms with Crippen molar-refractivity contribution in [2.75, 3.05) is 20.0 Å². The molecule has 4 heteroatoms. The molecular formula is C8H13ClN2O. The van der Waals surface area contributed by atoms with Crippen LogP contribution in [0.5, 0.6) is 0 Å². The monoisotopic (exact) mass is 188 g/mol. The van der Waals surface area contributed by atoms with E-state index in [4.69, 9.17) is 16.3 Å². The lowest BCUT2D eigenvalue weighted by atomic mass is 10.2. The van der Waals surface area contributed by atoms with Gasteiger partial charge in [-0.1, -0.05) is 0 Å². The van der Waals surface area contributed by atoms with Crippen molar-refractivity contribution in [3.05, 3.63) is 11.8 Å². The van der Waals surface area contributed by atoms with Gasteiger partial charge in [0.25, 0.3) is 0 Å². The number of rotatable bonds is 2. The summed E-state index contributed by atoms with van der Waals surface area (Å²) in [5, 5.41) is 0. The van der Waals surface area contributed by atoms with E-state index in [0.29, 0.717) is 5.88 Å². The van der Waals surface area contributed by atoms with Gasteiger partial charge >= 0.3 is 0 Å². The van der Waals surface area contributed by atoms with Gasteiger partial charge < -0.3 is 9.64 Å². The number of nitrogens with zero attached hydrogens (tertiary/aromatic N) is 2. The Kier molecular flexibility index (Phi) is 3.12. The zero-order valence-electron chi connectivity index (χ0n) is 7.54. The highest BCUT2D eigenvalue weighted by Gasteiger charge is 2.21. The van der Waals surface area contributed by atoms with Crippen LogP contribution in [-0.2, 0) is 4.74 Å². The minimum atomic E-state index is -0.0174. The van der Waals surface area contributed by atoms with E-state index in [1.54, 1.807) is 13.3 Å². The van der Waals surface area contributed by atoms with Gasteiger partial charge in [-0.05, 0) is 12.5 Å². The zero-order valence-corrected chi connectivity index (χ0v) is 8.30. The summed E-state index contributed by atoms with van der Waals surface area (Å²) in [5.41, 5.74) is 1.09. The predicted molar refractivity (Wildman–Crippen MR) is 50.5 cm³/mol. The molecule has 1 heterocycles. The molecule has 0 spiro atoms. The molecular weight excluding hydrogens is 176 g/mol. The third-order valence-electron chi connectivity index (χ3n) is 1.91. The van der Waals surface area contributed by atoms with E-state index in [-0.39, 0.29) is 6.23 Å². The number of aliphatic imine (C=N–C) groups is 1. The molecule has 0 fully saturated rings. The second-order valence-electron chi connectivity index (χ2n) is 2.75. The molecule has 1 rings (SSSR count). The molecule has 1 atom stereocenters. The first-order valence-electron chi connectivity index (χ1n) is 3.75. The predicted octanol–water partition coefficient (Wildman–Crippen LogP) is 1.45.